The van der Waals surface area contributed by atoms with E-state index in [4.69, 9.17) is 0 Å². The maximum atomic E-state index is 14.7. The number of hydrogen-bond acceptors (Lipinski definition) is 3. The number of amides is 2. The maximum Gasteiger partial charge on any atom is 0.398 e. The lowest BCUT2D eigenvalue weighted by Crippen LogP contribution is -2.41. The van der Waals surface area contributed by atoms with Gasteiger partial charge in [0.1, 0.15) is 5.69 Å². The minimum atomic E-state index is -4.59. The van der Waals surface area contributed by atoms with E-state index in [1.165, 1.54) is 23.5 Å². The molecule has 44 heavy (non-hydrogen) atoms. The summed E-state index contributed by atoms with van der Waals surface area (Å²) in [7, 11) is 2.11. The van der Waals surface area contributed by atoms with Gasteiger partial charge in [0, 0.05) is 35.5 Å². The van der Waals surface area contributed by atoms with Crippen LogP contribution >= 0.6 is 0 Å². The average Bonchev–Trinajstić information content (AvgIpc) is 3.56. The van der Waals surface area contributed by atoms with Crippen LogP contribution in [0.4, 0.5) is 18.9 Å². The van der Waals surface area contributed by atoms with Gasteiger partial charge in [0.2, 0.25) is 0 Å². The van der Waals surface area contributed by atoms with Gasteiger partial charge in [-0.1, -0.05) is 66.8 Å². The molecule has 3 atom stereocenters. The van der Waals surface area contributed by atoms with Crippen molar-refractivity contribution in [2.24, 2.45) is 5.41 Å². The molecule has 3 heterocycles. The topological polar surface area (TPSA) is 57.6 Å². The lowest BCUT2D eigenvalue weighted by Gasteiger charge is -2.38. The number of para-hydroxylation sites is 1. The van der Waals surface area contributed by atoms with E-state index < -0.39 is 23.4 Å². The Morgan fingerprint density at radius 2 is 1.75 bits per heavy atom. The Morgan fingerprint density at radius 3 is 2.48 bits per heavy atom. The second-order valence-corrected chi connectivity index (χ2v) is 12.3. The fraction of sp³-hybridized carbons (Fsp3) is 0.371. The van der Waals surface area contributed by atoms with Crippen LogP contribution in [-0.2, 0) is 17.9 Å². The Bertz CT molecular complexity index is 1610. The van der Waals surface area contributed by atoms with Gasteiger partial charge < -0.3 is 19.7 Å². The molecule has 1 saturated heterocycles. The summed E-state index contributed by atoms with van der Waals surface area (Å²) in [5.74, 6) is -1.67. The van der Waals surface area contributed by atoms with E-state index in [1.54, 1.807) is 42.5 Å². The lowest BCUT2D eigenvalue weighted by molar-refractivity contribution is -0.204. The van der Waals surface area contributed by atoms with Crippen LogP contribution in [0, 0.1) is 5.41 Å². The number of halogens is 3. The molecule has 2 aliphatic heterocycles. The van der Waals surface area contributed by atoms with Gasteiger partial charge >= 0.3 is 6.18 Å². The van der Waals surface area contributed by atoms with Crippen LogP contribution < -0.4 is 10.2 Å². The number of nitrogens with zero attached hydrogens (tertiary/aromatic N) is 3. The third kappa shape index (κ3) is 5.49. The van der Waals surface area contributed by atoms with Crippen molar-refractivity contribution in [2.45, 2.75) is 57.4 Å². The SMILES string of the molecule is CN1CCCC1CCNC(=O)c1ccc2n1Cc1ccccc1N(C(=O)C1=CC(C)(C(F)(F)F)C(c3ccccc3)C=C1)C2. The number of fused-ring (bicyclic) bond motifs is 2. The molecule has 1 aliphatic carbocycles. The normalized spacial score (nSPS) is 23.5. The molecule has 0 bridgehead atoms. The van der Waals surface area contributed by atoms with Crippen molar-refractivity contribution in [2.75, 3.05) is 25.0 Å². The number of anilines is 1. The highest BCUT2D eigenvalue weighted by molar-refractivity contribution is 6.08. The molecule has 0 spiro atoms. The summed E-state index contributed by atoms with van der Waals surface area (Å²) < 4.78 is 45.9. The van der Waals surface area contributed by atoms with Gasteiger partial charge in [0.15, 0.2) is 0 Å². The lowest BCUT2D eigenvalue weighted by atomic mass is 9.69. The molecule has 1 N–H and O–H groups in total. The van der Waals surface area contributed by atoms with Gasteiger partial charge in [0.25, 0.3) is 11.8 Å². The molecular formula is C35H37F3N4O2. The summed E-state index contributed by atoms with van der Waals surface area (Å²) in [5, 5.41) is 3.06. The molecule has 9 heteroatoms. The number of carbonyl (C=O) groups is 2. The van der Waals surface area contributed by atoms with E-state index >= 15 is 0 Å². The number of hydrogen-bond donors (Lipinski definition) is 1. The highest BCUT2D eigenvalue weighted by Crippen LogP contribution is 2.52. The number of rotatable bonds is 6. The summed E-state index contributed by atoms with van der Waals surface area (Å²) in [6, 6.07) is 20.0. The fourth-order valence-corrected chi connectivity index (χ4v) is 6.85. The quantitative estimate of drug-likeness (QED) is 0.353. The van der Waals surface area contributed by atoms with E-state index in [0.717, 1.165) is 43.6 Å². The van der Waals surface area contributed by atoms with Crippen molar-refractivity contribution in [3.05, 3.63) is 113 Å². The second-order valence-electron chi connectivity index (χ2n) is 12.3. The van der Waals surface area contributed by atoms with Crippen LogP contribution in [-0.4, -0.2) is 53.6 Å². The van der Waals surface area contributed by atoms with E-state index in [-0.39, 0.29) is 18.0 Å². The maximum absolute atomic E-state index is 14.7. The summed E-state index contributed by atoms with van der Waals surface area (Å²) >= 11 is 0. The fourth-order valence-electron chi connectivity index (χ4n) is 6.85. The first-order valence-corrected chi connectivity index (χ1v) is 15.2. The molecule has 1 aromatic heterocycles. The first kappa shape index (κ1) is 29.9. The van der Waals surface area contributed by atoms with Crippen molar-refractivity contribution in [3.8, 4) is 0 Å². The van der Waals surface area contributed by atoms with Crippen molar-refractivity contribution >= 4 is 17.5 Å². The van der Waals surface area contributed by atoms with Crippen molar-refractivity contribution in [1.29, 1.82) is 0 Å². The molecule has 2 amide bonds. The van der Waals surface area contributed by atoms with Crippen molar-refractivity contribution in [1.82, 2.24) is 14.8 Å². The molecule has 1 fully saturated rings. The Morgan fingerprint density at radius 1 is 1.00 bits per heavy atom. The van der Waals surface area contributed by atoms with Crippen molar-refractivity contribution < 1.29 is 22.8 Å². The Balaban J connectivity index is 1.28. The molecule has 3 unspecified atom stereocenters. The molecule has 6 nitrogen and oxygen atoms in total. The van der Waals surface area contributed by atoms with Gasteiger partial charge in [-0.05, 0) is 69.1 Å². The molecular weight excluding hydrogens is 565 g/mol. The van der Waals surface area contributed by atoms with Crippen molar-refractivity contribution in [3.63, 3.8) is 0 Å². The second kappa shape index (κ2) is 11.8. The molecule has 0 radical (unpaired) electrons. The predicted molar refractivity (Wildman–Crippen MR) is 164 cm³/mol. The zero-order chi connectivity index (χ0) is 31.1. The number of carbonyl (C=O) groups excluding carboxylic acids is 2. The van der Waals surface area contributed by atoms with Gasteiger partial charge in [-0.3, -0.25) is 9.59 Å². The van der Waals surface area contributed by atoms with E-state index in [0.29, 0.717) is 36.1 Å². The van der Waals surface area contributed by atoms with Crippen LogP contribution in [0.3, 0.4) is 0 Å². The van der Waals surface area contributed by atoms with E-state index in [9.17, 15) is 22.8 Å². The summed E-state index contributed by atoms with van der Waals surface area (Å²) in [4.78, 5) is 31.3. The standard InChI is InChI=1S/C35H37F3N4O2/c1-34(35(36,37)38)21-25(14-16-29(34)24-9-4-3-5-10-24)33(44)42-23-28-15-17-31(41(28)22-26-11-6-7-13-30(26)42)32(43)39-19-18-27-12-8-20-40(27)2/h3-7,9-11,13-17,21,27,29H,8,12,18-20,22-23H2,1-2H3,(H,39,43). The molecule has 2 aromatic carbocycles. The third-order valence-corrected chi connectivity index (χ3v) is 9.50. The Labute approximate surface area is 255 Å². The number of allylic oxidation sites excluding steroid dienone is 2. The monoisotopic (exact) mass is 602 g/mol. The van der Waals surface area contributed by atoms with Gasteiger partial charge in [-0.15, -0.1) is 0 Å². The highest BCUT2D eigenvalue weighted by Gasteiger charge is 2.55. The first-order chi connectivity index (χ1) is 21.1. The Kier molecular flexibility index (Phi) is 8.01. The Hall–Kier alpha value is -4.11. The number of nitrogens with one attached hydrogen (secondary N) is 1. The molecule has 3 aliphatic rings. The largest absolute Gasteiger partial charge is 0.398 e. The zero-order valence-electron chi connectivity index (χ0n) is 25.0. The third-order valence-electron chi connectivity index (χ3n) is 9.50. The highest BCUT2D eigenvalue weighted by atomic mass is 19.4. The summed E-state index contributed by atoms with van der Waals surface area (Å²) in [6.45, 7) is 3.28. The molecule has 3 aromatic rings. The van der Waals surface area contributed by atoms with E-state index in [2.05, 4.69) is 17.3 Å². The minimum Gasteiger partial charge on any atom is -0.351 e. The zero-order valence-corrected chi connectivity index (χ0v) is 25.0. The first-order valence-electron chi connectivity index (χ1n) is 15.2. The number of aromatic nitrogens is 1. The van der Waals surface area contributed by atoms with Crippen LogP contribution in [0.5, 0.6) is 0 Å². The number of alkyl halides is 3. The average molecular weight is 603 g/mol. The van der Waals surface area contributed by atoms with E-state index in [1.807, 2.05) is 28.8 Å². The minimum absolute atomic E-state index is 0.0123. The van der Waals surface area contributed by atoms with Gasteiger partial charge in [-0.25, -0.2) is 0 Å². The van der Waals surface area contributed by atoms with Crippen LogP contribution in [0.2, 0.25) is 0 Å². The molecule has 230 valence electrons. The summed E-state index contributed by atoms with van der Waals surface area (Å²) in [5.41, 5.74) is 0.890. The number of likely N-dealkylation sites (tertiary alicyclic amines) is 1. The number of benzene rings is 2. The van der Waals surface area contributed by atoms with Crippen LogP contribution in [0.25, 0.3) is 0 Å². The van der Waals surface area contributed by atoms with Gasteiger partial charge in [-0.2, -0.15) is 13.2 Å². The molecule has 0 saturated carbocycles. The smallest absolute Gasteiger partial charge is 0.351 e. The van der Waals surface area contributed by atoms with Crippen LogP contribution in [0.1, 0.15) is 59.4 Å². The molecule has 6 rings (SSSR count). The van der Waals surface area contributed by atoms with Gasteiger partial charge in [0.05, 0.1) is 18.5 Å². The van der Waals surface area contributed by atoms with Crippen LogP contribution in [0.15, 0.2) is 90.5 Å². The summed E-state index contributed by atoms with van der Waals surface area (Å²) in [6.07, 6.45) is 2.69. The predicted octanol–water partition coefficient (Wildman–Crippen LogP) is 6.45.